The van der Waals surface area contributed by atoms with E-state index in [0.717, 1.165) is 18.2 Å². The van der Waals surface area contributed by atoms with Gasteiger partial charge in [-0.15, -0.1) is 0 Å². The van der Waals surface area contributed by atoms with Crippen LogP contribution in [0.5, 0.6) is 0 Å². The van der Waals surface area contributed by atoms with Crippen LogP contribution in [0.1, 0.15) is 24.1 Å². The lowest BCUT2D eigenvalue weighted by atomic mass is 10.0. The van der Waals surface area contributed by atoms with E-state index in [1.165, 1.54) is 6.07 Å². The molecule has 3 nitrogen and oxygen atoms in total. The highest BCUT2D eigenvalue weighted by Gasteiger charge is 2.18. The van der Waals surface area contributed by atoms with E-state index < -0.39 is 23.5 Å². The molecule has 19 heavy (non-hydrogen) atoms. The molecular formula is C13H14F3N3. The Kier molecular flexibility index (Phi) is 3.90. The molecule has 2 rings (SSSR count). The van der Waals surface area contributed by atoms with Gasteiger partial charge in [0.1, 0.15) is 0 Å². The highest BCUT2D eigenvalue weighted by Crippen LogP contribution is 2.22. The van der Waals surface area contributed by atoms with E-state index >= 15 is 0 Å². The fourth-order valence-electron chi connectivity index (χ4n) is 1.88. The van der Waals surface area contributed by atoms with E-state index in [1.807, 2.05) is 6.92 Å². The highest BCUT2D eigenvalue weighted by molar-refractivity contribution is 5.25. The molecule has 6 heteroatoms. The number of hydrogen-bond acceptors (Lipinski definition) is 2. The minimum Gasteiger partial charge on any atom is -0.324 e. The largest absolute Gasteiger partial charge is 0.324 e. The van der Waals surface area contributed by atoms with E-state index in [1.54, 1.807) is 17.1 Å². The lowest BCUT2D eigenvalue weighted by Gasteiger charge is -2.12. The van der Waals surface area contributed by atoms with Gasteiger partial charge < -0.3 is 5.73 Å². The fourth-order valence-corrected chi connectivity index (χ4v) is 1.88. The lowest BCUT2D eigenvalue weighted by molar-refractivity contribution is 0.435. The molecule has 1 unspecified atom stereocenters. The molecular weight excluding hydrogens is 255 g/mol. The number of rotatable bonds is 4. The quantitative estimate of drug-likeness (QED) is 0.867. The molecule has 102 valence electrons. The second kappa shape index (κ2) is 5.44. The van der Waals surface area contributed by atoms with Crippen LogP contribution in [-0.2, 0) is 13.0 Å². The highest BCUT2D eigenvalue weighted by atomic mass is 19.2. The summed E-state index contributed by atoms with van der Waals surface area (Å²) in [6.07, 6.45) is 3.72. The predicted octanol–water partition coefficient (Wildman–Crippen LogP) is 2.56. The summed E-state index contributed by atoms with van der Waals surface area (Å²) in [7, 11) is 0. The molecule has 0 amide bonds. The molecule has 0 aliphatic carbocycles. The second-order valence-electron chi connectivity index (χ2n) is 4.28. The summed E-state index contributed by atoms with van der Waals surface area (Å²) in [6, 6.07) is 1.30. The summed E-state index contributed by atoms with van der Waals surface area (Å²) in [5, 5.41) is 4.07. The Labute approximate surface area is 108 Å². The van der Waals surface area contributed by atoms with E-state index in [4.69, 9.17) is 5.73 Å². The zero-order chi connectivity index (χ0) is 14.0. The van der Waals surface area contributed by atoms with E-state index in [9.17, 15) is 13.2 Å². The molecule has 0 spiro atoms. The van der Waals surface area contributed by atoms with Crippen molar-refractivity contribution >= 4 is 0 Å². The van der Waals surface area contributed by atoms with Crippen LogP contribution in [0.25, 0.3) is 0 Å². The minimum atomic E-state index is -1.49. The lowest BCUT2D eigenvalue weighted by Crippen LogP contribution is -2.16. The Morgan fingerprint density at radius 3 is 2.63 bits per heavy atom. The van der Waals surface area contributed by atoms with E-state index in [-0.39, 0.29) is 5.56 Å². The van der Waals surface area contributed by atoms with Gasteiger partial charge in [-0.3, -0.25) is 4.68 Å². The van der Waals surface area contributed by atoms with Crippen molar-refractivity contribution in [2.75, 3.05) is 0 Å². The van der Waals surface area contributed by atoms with Gasteiger partial charge in [0.05, 0.1) is 6.20 Å². The molecule has 1 aromatic heterocycles. The molecule has 0 aliphatic heterocycles. The molecule has 1 aromatic carbocycles. The normalized spacial score (nSPS) is 12.7. The smallest absolute Gasteiger partial charge is 0.194 e. The molecule has 0 bridgehead atoms. The van der Waals surface area contributed by atoms with Crippen molar-refractivity contribution in [2.24, 2.45) is 5.73 Å². The maximum absolute atomic E-state index is 13.6. The van der Waals surface area contributed by atoms with Crippen LogP contribution in [0, 0.1) is 17.5 Å². The standard InChI is InChI=1S/C13H14F3N3/c1-2-19-7-8(6-18-19)5-11(17)9-3-4-10(14)13(16)12(9)15/h3-4,6-7,11H,2,5,17H2,1H3. The van der Waals surface area contributed by atoms with Crippen molar-refractivity contribution in [1.29, 1.82) is 0 Å². The maximum Gasteiger partial charge on any atom is 0.194 e. The maximum atomic E-state index is 13.6. The summed E-state index contributed by atoms with van der Waals surface area (Å²) < 4.78 is 41.2. The molecule has 0 aliphatic rings. The van der Waals surface area contributed by atoms with Gasteiger partial charge in [0.25, 0.3) is 0 Å². The number of benzene rings is 1. The van der Waals surface area contributed by atoms with Crippen molar-refractivity contribution in [1.82, 2.24) is 9.78 Å². The molecule has 2 aromatic rings. The monoisotopic (exact) mass is 269 g/mol. The van der Waals surface area contributed by atoms with Gasteiger partial charge in [-0.1, -0.05) is 6.07 Å². The molecule has 1 atom stereocenters. The van der Waals surface area contributed by atoms with Gasteiger partial charge in [-0.2, -0.15) is 5.10 Å². The first-order valence-electron chi connectivity index (χ1n) is 5.93. The fraction of sp³-hybridized carbons (Fsp3) is 0.308. The van der Waals surface area contributed by atoms with Crippen molar-refractivity contribution < 1.29 is 13.2 Å². The summed E-state index contributed by atoms with van der Waals surface area (Å²) in [4.78, 5) is 0. The predicted molar refractivity (Wildman–Crippen MR) is 64.8 cm³/mol. The average molecular weight is 269 g/mol. The van der Waals surface area contributed by atoms with Gasteiger partial charge >= 0.3 is 0 Å². The molecule has 0 saturated heterocycles. The summed E-state index contributed by atoms with van der Waals surface area (Å²) in [5.74, 6) is -3.93. The van der Waals surface area contributed by atoms with Crippen molar-refractivity contribution in [2.45, 2.75) is 25.9 Å². The third-order valence-electron chi connectivity index (χ3n) is 2.93. The summed E-state index contributed by atoms with van der Waals surface area (Å²) in [6.45, 7) is 2.65. The third kappa shape index (κ3) is 2.78. The van der Waals surface area contributed by atoms with Gasteiger partial charge in [0.2, 0.25) is 0 Å². The SMILES string of the molecule is CCn1cc(CC(N)c2ccc(F)c(F)c2F)cn1. The van der Waals surface area contributed by atoms with Crippen molar-refractivity contribution in [3.63, 3.8) is 0 Å². The third-order valence-corrected chi connectivity index (χ3v) is 2.93. The zero-order valence-electron chi connectivity index (χ0n) is 10.4. The Hall–Kier alpha value is -1.82. The van der Waals surface area contributed by atoms with Gasteiger partial charge in [-0.25, -0.2) is 13.2 Å². The van der Waals surface area contributed by atoms with Crippen LogP contribution >= 0.6 is 0 Å². The van der Waals surface area contributed by atoms with Gasteiger partial charge in [-0.05, 0) is 25.0 Å². The Bertz CT molecular complexity index is 581. The number of aryl methyl sites for hydroxylation is 1. The van der Waals surface area contributed by atoms with E-state index in [0.29, 0.717) is 6.42 Å². The topological polar surface area (TPSA) is 43.8 Å². The van der Waals surface area contributed by atoms with Crippen LogP contribution in [-0.4, -0.2) is 9.78 Å². The number of nitrogens with zero attached hydrogens (tertiary/aromatic N) is 2. The number of nitrogens with two attached hydrogens (primary N) is 1. The number of aromatic nitrogens is 2. The summed E-state index contributed by atoms with van der Waals surface area (Å²) >= 11 is 0. The van der Waals surface area contributed by atoms with Crippen LogP contribution in [0.15, 0.2) is 24.5 Å². The Morgan fingerprint density at radius 2 is 2.00 bits per heavy atom. The van der Waals surface area contributed by atoms with E-state index in [2.05, 4.69) is 5.10 Å². The van der Waals surface area contributed by atoms with Gasteiger partial charge in [0.15, 0.2) is 17.5 Å². The molecule has 1 heterocycles. The average Bonchev–Trinajstić information content (AvgIpc) is 2.83. The minimum absolute atomic E-state index is 0.0388. The number of halogens is 3. The van der Waals surface area contributed by atoms with Crippen LogP contribution in [0.4, 0.5) is 13.2 Å². The van der Waals surface area contributed by atoms with Crippen LogP contribution < -0.4 is 5.73 Å². The Morgan fingerprint density at radius 1 is 1.26 bits per heavy atom. The van der Waals surface area contributed by atoms with Crippen molar-refractivity contribution in [3.8, 4) is 0 Å². The molecule has 0 radical (unpaired) electrons. The molecule has 0 fully saturated rings. The van der Waals surface area contributed by atoms with Crippen molar-refractivity contribution in [3.05, 3.63) is 53.1 Å². The first-order valence-corrected chi connectivity index (χ1v) is 5.93. The molecule has 2 N–H and O–H groups in total. The van der Waals surface area contributed by atoms with Gasteiger partial charge in [0, 0.05) is 24.3 Å². The number of hydrogen-bond donors (Lipinski definition) is 1. The molecule has 0 saturated carbocycles. The first-order chi connectivity index (χ1) is 9.02. The first kappa shape index (κ1) is 13.6. The zero-order valence-corrected chi connectivity index (χ0v) is 10.4. The summed E-state index contributed by atoms with van der Waals surface area (Å²) in [5.41, 5.74) is 6.61. The Balaban J connectivity index is 2.20. The van der Waals surface area contributed by atoms with Crippen LogP contribution in [0.3, 0.4) is 0 Å². The second-order valence-corrected chi connectivity index (χ2v) is 4.28. The van der Waals surface area contributed by atoms with Crippen LogP contribution in [0.2, 0.25) is 0 Å².